The van der Waals surface area contributed by atoms with Crippen molar-refractivity contribution in [2.24, 2.45) is 11.7 Å². The van der Waals surface area contributed by atoms with Crippen LogP contribution in [0.15, 0.2) is 30.3 Å². The summed E-state index contributed by atoms with van der Waals surface area (Å²) in [5, 5.41) is 0. The molecule has 0 saturated carbocycles. The van der Waals surface area contributed by atoms with E-state index in [4.69, 9.17) is 5.73 Å². The fourth-order valence-electron chi connectivity index (χ4n) is 2.35. The van der Waals surface area contributed by atoms with Crippen molar-refractivity contribution >= 4 is 5.91 Å². The van der Waals surface area contributed by atoms with Gasteiger partial charge in [-0.2, -0.15) is 0 Å². The summed E-state index contributed by atoms with van der Waals surface area (Å²) in [7, 11) is 0. The Kier molecular flexibility index (Phi) is 3.79. The van der Waals surface area contributed by atoms with Crippen molar-refractivity contribution < 1.29 is 4.79 Å². The van der Waals surface area contributed by atoms with Crippen molar-refractivity contribution in [3.63, 3.8) is 0 Å². The molecule has 0 aromatic heterocycles. The predicted molar refractivity (Wildman–Crippen MR) is 68.3 cm³/mol. The van der Waals surface area contributed by atoms with E-state index in [-0.39, 0.29) is 11.9 Å². The van der Waals surface area contributed by atoms with E-state index in [0.717, 1.165) is 18.5 Å². The van der Waals surface area contributed by atoms with Gasteiger partial charge in [0.2, 0.25) is 5.91 Å². The van der Waals surface area contributed by atoms with Crippen molar-refractivity contribution in [2.75, 3.05) is 13.1 Å². The Labute approximate surface area is 103 Å². The molecule has 92 valence electrons. The monoisotopic (exact) mass is 232 g/mol. The molecule has 2 unspecified atom stereocenters. The topological polar surface area (TPSA) is 46.3 Å². The third-order valence-corrected chi connectivity index (χ3v) is 3.52. The van der Waals surface area contributed by atoms with Crippen LogP contribution >= 0.6 is 0 Å². The first-order valence-electron chi connectivity index (χ1n) is 6.29. The highest BCUT2D eigenvalue weighted by Gasteiger charge is 2.29. The van der Waals surface area contributed by atoms with Crippen molar-refractivity contribution in [1.82, 2.24) is 4.90 Å². The molecule has 1 aromatic rings. The van der Waals surface area contributed by atoms with Crippen LogP contribution in [0.4, 0.5) is 0 Å². The van der Waals surface area contributed by atoms with Crippen molar-refractivity contribution in [2.45, 2.75) is 25.8 Å². The van der Waals surface area contributed by atoms with Gasteiger partial charge in [0.05, 0.1) is 0 Å². The number of carbonyl (C=O) groups is 1. The van der Waals surface area contributed by atoms with E-state index in [0.29, 0.717) is 18.9 Å². The van der Waals surface area contributed by atoms with Gasteiger partial charge in [0.25, 0.3) is 0 Å². The lowest BCUT2D eigenvalue weighted by atomic mass is 10.1. The summed E-state index contributed by atoms with van der Waals surface area (Å²) < 4.78 is 0. The fraction of sp³-hybridized carbons (Fsp3) is 0.500. The second kappa shape index (κ2) is 5.32. The Hall–Kier alpha value is -1.35. The fourth-order valence-corrected chi connectivity index (χ4v) is 2.35. The zero-order valence-electron chi connectivity index (χ0n) is 10.3. The average molecular weight is 232 g/mol. The van der Waals surface area contributed by atoms with Gasteiger partial charge in [-0.25, -0.2) is 0 Å². The van der Waals surface area contributed by atoms with Crippen LogP contribution in [0.2, 0.25) is 0 Å². The third kappa shape index (κ3) is 2.86. The molecule has 0 spiro atoms. The zero-order valence-corrected chi connectivity index (χ0v) is 10.3. The maximum Gasteiger partial charge on any atom is 0.222 e. The summed E-state index contributed by atoms with van der Waals surface area (Å²) in [6.07, 6.45) is 1.76. The van der Waals surface area contributed by atoms with Gasteiger partial charge in [-0.15, -0.1) is 0 Å². The highest BCUT2D eigenvalue weighted by Crippen LogP contribution is 2.22. The largest absolute Gasteiger partial charge is 0.340 e. The van der Waals surface area contributed by atoms with Gasteiger partial charge in [-0.3, -0.25) is 4.79 Å². The maximum atomic E-state index is 11.8. The molecule has 1 aliphatic heterocycles. The summed E-state index contributed by atoms with van der Waals surface area (Å²) >= 11 is 0. The lowest BCUT2D eigenvalue weighted by Gasteiger charge is -2.21. The number of carbonyl (C=O) groups excluding carboxylic acids is 1. The molecule has 17 heavy (non-hydrogen) atoms. The highest BCUT2D eigenvalue weighted by atomic mass is 16.2. The van der Waals surface area contributed by atoms with Crippen LogP contribution in [0, 0.1) is 5.92 Å². The minimum absolute atomic E-state index is 0.0734. The molecule has 2 atom stereocenters. The van der Waals surface area contributed by atoms with E-state index in [2.05, 4.69) is 6.92 Å². The number of hydrogen-bond acceptors (Lipinski definition) is 2. The Bertz CT molecular complexity index is 377. The van der Waals surface area contributed by atoms with E-state index in [9.17, 15) is 4.79 Å². The van der Waals surface area contributed by atoms with Gasteiger partial charge in [0.1, 0.15) is 0 Å². The molecule has 1 amide bonds. The lowest BCUT2D eigenvalue weighted by Crippen LogP contribution is -2.33. The average Bonchev–Trinajstić information content (AvgIpc) is 2.71. The van der Waals surface area contributed by atoms with Crippen molar-refractivity contribution in [3.8, 4) is 0 Å². The Morgan fingerprint density at radius 2 is 2.12 bits per heavy atom. The van der Waals surface area contributed by atoms with Gasteiger partial charge >= 0.3 is 0 Å². The van der Waals surface area contributed by atoms with Crippen LogP contribution in [0.5, 0.6) is 0 Å². The normalized spacial score (nSPS) is 21.9. The number of nitrogens with zero attached hydrogens (tertiary/aromatic N) is 1. The number of likely N-dealkylation sites (tertiary alicyclic amines) is 1. The van der Waals surface area contributed by atoms with Crippen LogP contribution in [-0.2, 0) is 4.79 Å². The summed E-state index contributed by atoms with van der Waals surface area (Å²) in [5.41, 5.74) is 7.23. The molecule has 1 aliphatic rings. The number of nitrogens with two attached hydrogens (primary N) is 1. The standard InChI is InChI=1S/C14H20N2O/c1-2-11-8-14(17)16(9-11)10-13(15)12-6-4-3-5-7-12/h3-7,11,13H,2,8-10,15H2,1H3. The van der Waals surface area contributed by atoms with E-state index in [1.54, 1.807) is 0 Å². The number of benzene rings is 1. The lowest BCUT2D eigenvalue weighted by molar-refractivity contribution is -0.127. The predicted octanol–water partition coefficient (Wildman–Crippen LogP) is 1.94. The van der Waals surface area contributed by atoms with Crippen molar-refractivity contribution in [3.05, 3.63) is 35.9 Å². The minimum atomic E-state index is -0.0734. The first kappa shape index (κ1) is 12.1. The molecule has 1 aromatic carbocycles. The second-order valence-electron chi connectivity index (χ2n) is 4.79. The van der Waals surface area contributed by atoms with Crippen LogP contribution in [0.1, 0.15) is 31.4 Å². The molecule has 2 N–H and O–H groups in total. The van der Waals surface area contributed by atoms with Gasteiger partial charge in [0.15, 0.2) is 0 Å². The Morgan fingerprint density at radius 1 is 1.41 bits per heavy atom. The van der Waals surface area contributed by atoms with Crippen molar-refractivity contribution in [1.29, 1.82) is 0 Å². The SMILES string of the molecule is CCC1CC(=O)N(CC(N)c2ccccc2)C1. The van der Waals surface area contributed by atoms with E-state index in [1.807, 2.05) is 35.2 Å². The Balaban J connectivity index is 1.95. The van der Waals surface area contributed by atoms with Gasteiger partial charge in [-0.1, -0.05) is 43.7 Å². The van der Waals surface area contributed by atoms with Gasteiger partial charge < -0.3 is 10.6 Å². The molecule has 3 heteroatoms. The number of rotatable bonds is 4. The molecule has 0 bridgehead atoms. The summed E-state index contributed by atoms with van der Waals surface area (Å²) in [6, 6.07) is 9.90. The van der Waals surface area contributed by atoms with Crippen LogP contribution in [0.3, 0.4) is 0 Å². The number of amides is 1. The first-order chi connectivity index (χ1) is 8.20. The third-order valence-electron chi connectivity index (χ3n) is 3.52. The zero-order chi connectivity index (χ0) is 12.3. The first-order valence-corrected chi connectivity index (χ1v) is 6.29. The minimum Gasteiger partial charge on any atom is -0.340 e. The van der Waals surface area contributed by atoms with E-state index >= 15 is 0 Å². The van der Waals surface area contributed by atoms with Crippen LogP contribution in [-0.4, -0.2) is 23.9 Å². The molecule has 0 radical (unpaired) electrons. The van der Waals surface area contributed by atoms with E-state index in [1.165, 1.54) is 0 Å². The van der Waals surface area contributed by atoms with Gasteiger partial charge in [-0.05, 0) is 11.5 Å². The summed E-state index contributed by atoms with van der Waals surface area (Å²) in [4.78, 5) is 13.7. The molecule has 1 fully saturated rings. The summed E-state index contributed by atoms with van der Waals surface area (Å²) in [6.45, 7) is 3.65. The molecule has 1 saturated heterocycles. The smallest absolute Gasteiger partial charge is 0.222 e. The molecular formula is C14H20N2O. The van der Waals surface area contributed by atoms with Crippen LogP contribution < -0.4 is 5.73 Å². The Morgan fingerprint density at radius 3 is 2.71 bits per heavy atom. The molecule has 2 rings (SSSR count). The molecular weight excluding hydrogens is 212 g/mol. The second-order valence-corrected chi connectivity index (χ2v) is 4.79. The van der Waals surface area contributed by atoms with E-state index < -0.39 is 0 Å². The summed E-state index contributed by atoms with van der Waals surface area (Å²) in [5.74, 6) is 0.772. The van der Waals surface area contributed by atoms with Gasteiger partial charge in [0, 0.05) is 25.6 Å². The quantitative estimate of drug-likeness (QED) is 0.862. The molecule has 0 aliphatic carbocycles. The number of hydrogen-bond donors (Lipinski definition) is 1. The highest BCUT2D eigenvalue weighted by molar-refractivity contribution is 5.78. The van der Waals surface area contributed by atoms with Crippen LogP contribution in [0.25, 0.3) is 0 Å². The molecule has 3 nitrogen and oxygen atoms in total. The maximum absolute atomic E-state index is 11.8. The molecule has 1 heterocycles.